The lowest BCUT2D eigenvalue weighted by Gasteiger charge is -2.24. The molecule has 1 spiro atoms. The number of rotatable bonds is 4. The second-order valence-electron chi connectivity index (χ2n) is 8.15. The maximum Gasteiger partial charge on any atom is 0.490 e. The summed E-state index contributed by atoms with van der Waals surface area (Å²) in [6.07, 6.45) is 0.249. The Morgan fingerprint density at radius 1 is 1.29 bits per heavy atom. The van der Waals surface area contributed by atoms with Crippen LogP contribution in [-0.4, -0.2) is 52.7 Å². The zero-order valence-electron chi connectivity index (χ0n) is 16.6. The van der Waals surface area contributed by atoms with Crippen LogP contribution in [0.15, 0.2) is 35.8 Å². The molecular weight excluding hydrogens is 431 g/mol. The molecule has 1 N–H and O–H groups in total. The molecule has 2 fully saturated rings. The molecule has 166 valence electrons. The van der Waals surface area contributed by atoms with Crippen LogP contribution in [0.2, 0.25) is 0 Å². The van der Waals surface area contributed by atoms with E-state index >= 15 is 0 Å². The number of aliphatic carboxylic acids is 1. The van der Waals surface area contributed by atoms with Gasteiger partial charge in [0.1, 0.15) is 5.01 Å². The van der Waals surface area contributed by atoms with Crippen LogP contribution in [0.3, 0.4) is 0 Å². The van der Waals surface area contributed by atoms with Gasteiger partial charge in [-0.15, -0.1) is 11.3 Å². The van der Waals surface area contributed by atoms with Crippen molar-refractivity contribution in [2.75, 3.05) is 24.5 Å². The molecule has 1 saturated carbocycles. The number of halogens is 3. The first kappa shape index (κ1) is 21.8. The Balaban J connectivity index is 0.000000289. The van der Waals surface area contributed by atoms with E-state index in [1.54, 1.807) is 11.3 Å². The van der Waals surface area contributed by atoms with Gasteiger partial charge >= 0.3 is 12.1 Å². The van der Waals surface area contributed by atoms with E-state index in [0.717, 1.165) is 43.3 Å². The molecule has 3 heterocycles. The lowest BCUT2D eigenvalue weighted by Crippen LogP contribution is -2.43. The number of para-hydroxylation sites is 1. The minimum atomic E-state index is -5.08. The summed E-state index contributed by atoms with van der Waals surface area (Å²) in [5.74, 6) is -1.71. The number of anilines is 1. The van der Waals surface area contributed by atoms with Crippen LogP contribution in [0.4, 0.5) is 18.9 Å². The molecule has 1 aromatic heterocycles. The van der Waals surface area contributed by atoms with E-state index in [0.29, 0.717) is 11.8 Å². The molecule has 0 bridgehead atoms. The Labute approximate surface area is 181 Å². The van der Waals surface area contributed by atoms with E-state index in [2.05, 4.69) is 39.0 Å². The number of hydrogen-bond acceptors (Lipinski definition) is 5. The lowest BCUT2D eigenvalue weighted by molar-refractivity contribution is -0.192. The number of amides is 1. The number of carboxylic acid groups (broad SMARTS) is 1. The molecule has 10 heteroatoms. The molecule has 31 heavy (non-hydrogen) atoms. The number of carbonyl (C=O) groups is 2. The monoisotopic (exact) mass is 453 g/mol. The average Bonchev–Trinajstić information content (AvgIpc) is 3.13. The second kappa shape index (κ2) is 8.23. The molecule has 1 saturated heterocycles. The van der Waals surface area contributed by atoms with Crippen LogP contribution < -0.4 is 4.90 Å². The normalized spacial score (nSPS) is 23.1. The molecule has 1 amide bonds. The Bertz CT molecular complexity index is 962. The second-order valence-corrected chi connectivity index (χ2v) is 9.13. The van der Waals surface area contributed by atoms with Gasteiger partial charge in [-0.05, 0) is 36.8 Å². The summed E-state index contributed by atoms with van der Waals surface area (Å²) in [4.78, 5) is 31.2. The molecule has 1 aromatic carbocycles. The highest BCUT2D eigenvalue weighted by atomic mass is 32.1. The van der Waals surface area contributed by atoms with Crippen molar-refractivity contribution < 1.29 is 27.9 Å². The first-order valence-corrected chi connectivity index (χ1v) is 10.9. The first-order valence-electron chi connectivity index (χ1n) is 10.0. The van der Waals surface area contributed by atoms with Crippen molar-refractivity contribution in [2.45, 2.75) is 37.4 Å². The fourth-order valence-electron chi connectivity index (χ4n) is 4.28. The molecule has 2 aromatic rings. The number of aromatic nitrogens is 1. The number of thiazole rings is 1. The largest absolute Gasteiger partial charge is 0.490 e. The molecule has 5 rings (SSSR count). The maximum atomic E-state index is 13.4. The van der Waals surface area contributed by atoms with Crippen LogP contribution in [0, 0.1) is 5.92 Å². The lowest BCUT2D eigenvalue weighted by atomic mass is 9.81. The van der Waals surface area contributed by atoms with Crippen LogP contribution in [0.5, 0.6) is 0 Å². The molecule has 0 radical (unpaired) electrons. The van der Waals surface area contributed by atoms with Gasteiger partial charge in [0.25, 0.3) is 0 Å². The number of benzene rings is 1. The Hall–Kier alpha value is -2.46. The van der Waals surface area contributed by atoms with E-state index in [1.165, 1.54) is 18.4 Å². The number of hydrogen-bond donors (Lipinski definition) is 1. The number of fused-ring (bicyclic) bond motifs is 2. The maximum absolute atomic E-state index is 13.4. The number of nitrogens with zero attached hydrogens (tertiary/aromatic N) is 3. The fraction of sp³-hybridized carbons (Fsp3) is 0.476. The Kier molecular flexibility index (Phi) is 5.78. The van der Waals surface area contributed by atoms with Gasteiger partial charge in [0, 0.05) is 36.9 Å². The smallest absolute Gasteiger partial charge is 0.475 e. The van der Waals surface area contributed by atoms with Crippen molar-refractivity contribution in [3.8, 4) is 0 Å². The summed E-state index contributed by atoms with van der Waals surface area (Å²) in [6, 6.07) is 8.45. The third kappa shape index (κ3) is 4.45. The number of carboxylic acids is 1. The minimum absolute atomic E-state index is 0.331. The summed E-state index contributed by atoms with van der Waals surface area (Å²) in [7, 11) is 0. The number of alkyl halides is 3. The van der Waals surface area contributed by atoms with Gasteiger partial charge in [-0.3, -0.25) is 9.69 Å². The fourth-order valence-corrected chi connectivity index (χ4v) is 4.93. The van der Waals surface area contributed by atoms with Crippen molar-refractivity contribution in [3.05, 3.63) is 46.4 Å². The van der Waals surface area contributed by atoms with Gasteiger partial charge in [0.15, 0.2) is 0 Å². The zero-order chi connectivity index (χ0) is 22.2. The van der Waals surface area contributed by atoms with Crippen LogP contribution in [0.1, 0.15) is 29.8 Å². The standard InChI is InChI=1S/C19H21N3OS.C2HF3O2/c23-18-19(7-9-21(13-19)12-17-20-8-10-24-17)15-3-1-2-4-16(15)22(18)11-14-5-6-14;3-2(4,5)1(6)7/h1-4,8,10,14H,5-7,9,11-13H2;(H,6,7). The minimum Gasteiger partial charge on any atom is -0.475 e. The number of carbonyl (C=O) groups excluding carboxylic acids is 1. The van der Waals surface area contributed by atoms with Crippen molar-refractivity contribution >= 4 is 28.9 Å². The van der Waals surface area contributed by atoms with Crippen molar-refractivity contribution in [3.63, 3.8) is 0 Å². The summed E-state index contributed by atoms with van der Waals surface area (Å²) in [6.45, 7) is 3.56. The van der Waals surface area contributed by atoms with Crippen LogP contribution in [0.25, 0.3) is 0 Å². The quantitative estimate of drug-likeness (QED) is 0.765. The Morgan fingerprint density at radius 3 is 2.61 bits per heavy atom. The predicted molar refractivity (Wildman–Crippen MR) is 109 cm³/mol. The average molecular weight is 453 g/mol. The highest BCUT2D eigenvalue weighted by Crippen LogP contribution is 2.48. The summed E-state index contributed by atoms with van der Waals surface area (Å²) < 4.78 is 31.7. The van der Waals surface area contributed by atoms with E-state index in [4.69, 9.17) is 9.90 Å². The molecule has 1 atom stereocenters. The van der Waals surface area contributed by atoms with Gasteiger partial charge in [-0.2, -0.15) is 13.2 Å². The molecule has 1 unspecified atom stereocenters. The first-order chi connectivity index (χ1) is 14.7. The van der Waals surface area contributed by atoms with E-state index < -0.39 is 12.1 Å². The summed E-state index contributed by atoms with van der Waals surface area (Å²) in [5, 5.41) is 10.3. The van der Waals surface area contributed by atoms with E-state index in [1.807, 2.05) is 11.6 Å². The van der Waals surface area contributed by atoms with Gasteiger partial charge in [-0.1, -0.05) is 18.2 Å². The molecule has 3 aliphatic rings. The Morgan fingerprint density at radius 2 is 2.00 bits per heavy atom. The van der Waals surface area contributed by atoms with Crippen molar-refractivity contribution in [2.24, 2.45) is 5.92 Å². The van der Waals surface area contributed by atoms with E-state index in [-0.39, 0.29) is 5.41 Å². The molecule has 2 aliphatic heterocycles. The third-order valence-corrected chi connectivity index (χ3v) is 6.70. The number of likely N-dealkylation sites (tertiary alicyclic amines) is 1. The topological polar surface area (TPSA) is 73.7 Å². The van der Waals surface area contributed by atoms with Gasteiger partial charge in [-0.25, -0.2) is 9.78 Å². The van der Waals surface area contributed by atoms with Crippen molar-refractivity contribution in [1.29, 1.82) is 0 Å². The van der Waals surface area contributed by atoms with Crippen molar-refractivity contribution in [1.82, 2.24) is 9.88 Å². The molecule has 6 nitrogen and oxygen atoms in total. The SMILES string of the molecule is O=C(O)C(F)(F)F.O=C1N(CC2CC2)c2ccccc2C12CCN(Cc1nccs1)C2. The molecular formula is C21H22F3N3O3S. The predicted octanol–water partition coefficient (Wildman–Crippen LogP) is 3.68. The molecule has 1 aliphatic carbocycles. The van der Waals surface area contributed by atoms with Crippen LogP contribution in [-0.2, 0) is 21.5 Å². The van der Waals surface area contributed by atoms with E-state index in [9.17, 15) is 18.0 Å². The summed E-state index contributed by atoms with van der Waals surface area (Å²) in [5.41, 5.74) is 2.07. The highest BCUT2D eigenvalue weighted by Gasteiger charge is 2.54. The third-order valence-electron chi connectivity index (χ3n) is 5.94. The van der Waals surface area contributed by atoms with Crippen LogP contribution >= 0.6 is 11.3 Å². The van der Waals surface area contributed by atoms with Gasteiger partial charge < -0.3 is 10.0 Å². The summed E-state index contributed by atoms with van der Waals surface area (Å²) >= 11 is 1.70. The highest BCUT2D eigenvalue weighted by molar-refractivity contribution is 7.09. The van der Waals surface area contributed by atoms with Gasteiger partial charge in [0.2, 0.25) is 5.91 Å². The van der Waals surface area contributed by atoms with Gasteiger partial charge in [0.05, 0.1) is 12.0 Å². The zero-order valence-corrected chi connectivity index (χ0v) is 17.5.